The van der Waals surface area contributed by atoms with Crippen molar-refractivity contribution in [1.29, 1.82) is 0 Å². The Morgan fingerprint density at radius 2 is 1.78 bits per heavy atom. The Kier molecular flexibility index (Phi) is 6.74. The van der Waals surface area contributed by atoms with Crippen molar-refractivity contribution in [2.45, 2.75) is 43.4 Å². The third-order valence-electron chi connectivity index (χ3n) is 1.96. The summed E-state index contributed by atoms with van der Waals surface area (Å²) in [4.78, 5) is 12.6. The van der Waals surface area contributed by atoms with Gasteiger partial charge in [0.2, 0.25) is 5.91 Å². The lowest BCUT2D eigenvalue weighted by Gasteiger charge is -2.17. The second-order valence-electron chi connectivity index (χ2n) is 5.02. The first-order chi connectivity index (χ1) is 7.78. The molecule has 102 valence electrons. The molecule has 0 aliphatic carbocycles. The van der Waals surface area contributed by atoms with E-state index in [1.54, 1.807) is 18.7 Å². The highest BCUT2D eigenvalue weighted by molar-refractivity contribution is 8.00. The van der Waals surface area contributed by atoms with E-state index >= 15 is 0 Å². The van der Waals surface area contributed by atoms with Crippen molar-refractivity contribution < 1.29 is 4.79 Å². The fourth-order valence-electron chi connectivity index (χ4n) is 1.22. The summed E-state index contributed by atoms with van der Waals surface area (Å²) in [5.74, 6) is -0.166. The van der Waals surface area contributed by atoms with Gasteiger partial charge in [0.05, 0.1) is 6.04 Å². The van der Waals surface area contributed by atoms with Crippen LogP contribution in [0.15, 0.2) is 29.2 Å². The molecule has 0 heterocycles. The summed E-state index contributed by atoms with van der Waals surface area (Å²) in [5.41, 5.74) is 6.26. The van der Waals surface area contributed by atoms with Gasteiger partial charge in [-0.25, -0.2) is 0 Å². The van der Waals surface area contributed by atoms with Gasteiger partial charge in [0.1, 0.15) is 0 Å². The number of amides is 1. The van der Waals surface area contributed by atoms with Crippen LogP contribution in [-0.2, 0) is 4.79 Å². The summed E-state index contributed by atoms with van der Waals surface area (Å²) in [7, 11) is 0. The van der Waals surface area contributed by atoms with Crippen LogP contribution in [0, 0.1) is 0 Å². The summed E-state index contributed by atoms with van der Waals surface area (Å²) in [6.45, 7) is 8.18. The van der Waals surface area contributed by atoms with Crippen LogP contribution in [-0.4, -0.2) is 16.7 Å². The molecule has 1 atom stereocenters. The van der Waals surface area contributed by atoms with Crippen molar-refractivity contribution in [3.05, 3.63) is 24.3 Å². The molecule has 1 aromatic carbocycles. The maximum absolute atomic E-state index is 11.4. The monoisotopic (exact) mass is 288 g/mol. The standard InChI is InChI=1S/C13H20N2OS.ClH/c1-9(14)12(16)15-10-5-7-11(8-6-10)17-13(2,3)4;/h5-9H,14H2,1-4H3,(H,15,16);1H/t9-;/m0./s1. The third kappa shape index (κ3) is 6.28. The van der Waals surface area contributed by atoms with Crippen molar-refractivity contribution in [1.82, 2.24) is 0 Å². The minimum Gasteiger partial charge on any atom is -0.325 e. The van der Waals surface area contributed by atoms with E-state index in [4.69, 9.17) is 5.73 Å². The van der Waals surface area contributed by atoms with Gasteiger partial charge in [-0.05, 0) is 31.2 Å². The van der Waals surface area contributed by atoms with E-state index in [0.29, 0.717) is 0 Å². The van der Waals surface area contributed by atoms with Gasteiger partial charge in [0, 0.05) is 15.3 Å². The maximum Gasteiger partial charge on any atom is 0.240 e. The first-order valence-electron chi connectivity index (χ1n) is 5.63. The van der Waals surface area contributed by atoms with E-state index in [9.17, 15) is 4.79 Å². The van der Waals surface area contributed by atoms with Gasteiger partial charge in [-0.15, -0.1) is 24.2 Å². The van der Waals surface area contributed by atoms with Crippen LogP contribution < -0.4 is 11.1 Å². The van der Waals surface area contributed by atoms with Gasteiger partial charge in [-0.2, -0.15) is 0 Å². The van der Waals surface area contributed by atoms with Crippen LogP contribution in [0.4, 0.5) is 5.69 Å². The smallest absolute Gasteiger partial charge is 0.240 e. The molecular weight excluding hydrogens is 268 g/mol. The van der Waals surface area contributed by atoms with Gasteiger partial charge in [0.15, 0.2) is 0 Å². The van der Waals surface area contributed by atoms with E-state index in [-0.39, 0.29) is 23.1 Å². The van der Waals surface area contributed by atoms with Crippen molar-refractivity contribution in [3.63, 3.8) is 0 Å². The number of nitrogens with one attached hydrogen (secondary N) is 1. The molecule has 0 bridgehead atoms. The van der Waals surface area contributed by atoms with Gasteiger partial charge in [-0.3, -0.25) is 4.79 Å². The number of carbonyl (C=O) groups is 1. The largest absolute Gasteiger partial charge is 0.325 e. The van der Waals surface area contributed by atoms with Crippen LogP contribution in [0.25, 0.3) is 0 Å². The van der Waals surface area contributed by atoms with Gasteiger partial charge >= 0.3 is 0 Å². The van der Waals surface area contributed by atoms with E-state index in [2.05, 4.69) is 26.1 Å². The maximum atomic E-state index is 11.4. The Morgan fingerprint density at radius 3 is 2.17 bits per heavy atom. The number of thioether (sulfide) groups is 1. The Morgan fingerprint density at radius 1 is 1.28 bits per heavy atom. The molecule has 18 heavy (non-hydrogen) atoms. The molecule has 1 amide bonds. The summed E-state index contributed by atoms with van der Waals surface area (Å²) < 4.78 is 0.191. The van der Waals surface area contributed by atoms with Crippen LogP contribution in [0.5, 0.6) is 0 Å². The molecule has 0 unspecified atom stereocenters. The van der Waals surface area contributed by atoms with E-state index in [1.807, 2.05) is 24.3 Å². The fourth-order valence-corrected chi connectivity index (χ4v) is 2.20. The van der Waals surface area contributed by atoms with Crippen molar-refractivity contribution in [3.8, 4) is 0 Å². The van der Waals surface area contributed by atoms with E-state index in [0.717, 1.165) is 5.69 Å². The Balaban J connectivity index is 0.00000289. The van der Waals surface area contributed by atoms with E-state index in [1.165, 1.54) is 4.90 Å². The molecule has 0 radical (unpaired) electrons. The highest BCUT2D eigenvalue weighted by Crippen LogP contribution is 2.32. The lowest BCUT2D eigenvalue weighted by Crippen LogP contribution is -2.32. The third-order valence-corrected chi connectivity index (χ3v) is 3.08. The van der Waals surface area contributed by atoms with Crippen LogP contribution in [0.1, 0.15) is 27.7 Å². The number of hydrogen-bond acceptors (Lipinski definition) is 3. The second kappa shape index (κ2) is 7.02. The highest BCUT2D eigenvalue weighted by atomic mass is 35.5. The zero-order chi connectivity index (χ0) is 13.1. The normalized spacial score (nSPS) is 12.5. The van der Waals surface area contributed by atoms with Crippen molar-refractivity contribution in [2.75, 3.05) is 5.32 Å². The molecule has 3 N–H and O–H groups in total. The van der Waals surface area contributed by atoms with Crippen molar-refractivity contribution in [2.24, 2.45) is 5.73 Å². The molecule has 0 saturated heterocycles. The number of hydrogen-bond donors (Lipinski definition) is 2. The SMILES string of the molecule is C[C@H](N)C(=O)Nc1ccc(SC(C)(C)C)cc1.Cl. The Bertz CT molecular complexity index is 385. The zero-order valence-electron chi connectivity index (χ0n) is 11.2. The summed E-state index contributed by atoms with van der Waals surface area (Å²) in [5, 5.41) is 2.76. The molecule has 1 aromatic rings. The lowest BCUT2D eigenvalue weighted by molar-refractivity contribution is -0.117. The molecule has 3 nitrogen and oxygen atoms in total. The zero-order valence-corrected chi connectivity index (χ0v) is 12.8. The molecule has 0 spiro atoms. The first kappa shape index (κ1) is 17.3. The van der Waals surface area contributed by atoms with Crippen molar-refractivity contribution >= 4 is 35.8 Å². The molecule has 5 heteroatoms. The molecule has 0 fully saturated rings. The molecule has 0 saturated carbocycles. The summed E-state index contributed by atoms with van der Waals surface area (Å²) >= 11 is 1.80. The van der Waals surface area contributed by atoms with Gasteiger partial charge in [-0.1, -0.05) is 20.8 Å². The molecule has 0 aromatic heterocycles. The molecule has 0 aliphatic rings. The molecule has 0 aliphatic heterocycles. The molecular formula is C13H21ClN2OS. The topological polar surface area (TPSA) is 55.1 Å². The number of halogens is 1. The second-order valence-corrected chi connectivity index (χ2v) is 6.92. The average molecular weight is 289 g/mol. The van der Waals surface area contributed by atoms with Gasteiger partial charge in [0.25, 0.3) is 0 Å². The number of nitrogens with two attached hydrogens (primary N) is 1. The number of anilines is 1. The number of benzene rings is 1. The minimum absolute atomic E-state index is 0. The lowest BCUT2D eigenvalue weighted by atomic mass is 10.2. The van der Waals surface area contributed by atoms with Crippen LogP contribution in [0.2, 0.25) is 0 Å². The summed E-state index contributed by atoms with van der Waals surface area (Å²) in [6, 6.07) is 7.32. The first-order valence-corrected chi connectivity index (χ1v) is 6.45. The number of rotatable bonds is 3. The molecule has 1 rings (SSSR count). The van der Waals surface area contributed by atoms with Gasteiger partial charge < -0.3 is 11.1 Å². The summed E-state index contributed by atoms with van der Waals surface area (Å²) in [6.07, 6.45) is 0. The quantitative estimate of drug-likeness (QED) is 0.839. The van der Waals surface area contributed by atoms with Crippen LogP contribution in [0.3, 0.4) is 0 Å². The Labute approximate surface area is 119 Å². The fraction of sp³-hybridized carbons (Fsp3) is 0.462. The minimum atomic E-state index is -0.487. The average Bonchev–Trinajstić information content (AvgIpc) is 2.18. The Hall–Kier alpha value is -0.710. The predicted octanol–water partition coefficient (Wildman–Crippen LogP) is 3.28. The highest BCUT2D eigenvalue weighted by Gasteiger charge is 2.12. The number of carbonyl (C=O) groups excluding carboxylic acids is 1. The van der Waals surface area contributed by atoms with E-state index < -0.39 is 6.04 Å². The predicted molar refractivity (Wildman–Crippen MR) is 81.6 cm³/mol. The van der Waals surface area contributed by atoms with Crippen LogP contribution >= 0.6 is 24.2 Å².